The van der Waals surface area contributed by atoms with Crippen LogP contribution in [-0.4, -0.2) is 17.6 Å². The molecule has 1 atom stereocenters. The van der Waals surface area contributed by atoms with Crippen molar-refractivity contribution < 1.29 is 9.59 Å². The molecule has 0 aromatic heterocycles. The quantitative estimate of drug-likeness (QED) is 0.902. The van der Waals surface area contributed by atoms with E-state index in [9.17, 15) is 9.59 Å². The van der Waals surface area contributed by atoms with Gasteiger partial charge in [-0.15, -0.1) is 0 Å². The fourth-order valence-electron chi connectivity index (χ4n) is 2.45. The molecule has 0 saturated heterocycles. The molecule has 100 valence electrons. The van der Waals surface area contributed by atoms with Crippen LogP contribution in [0.25, 0.3) is 0 Å². The Kier molecular flexibility index (Phi) is 3.84. The van der Waals surface area contributed by atoms with Gasteiger partial charge in [0.1, 0.15) is 0 Å². The highest BCUT2D eigenvalue weighted by atomic mass is 16.1. The number of allylic oxidation sites excluding steroid dienone is 2. The minimum Gasteiger partial charge on any atom is -0.379 e. The number of hydrogen-bond acceptors (Lipinski definition) is 3. The van der Waals surface area contributed by atoms with Gasteiger partial charge in [-0.25, -0.2) is 0 Å². The van der Waals surface area contributed by atoms with Gasteiger partial charge in [0.2, 0.25) is 5.78 Å². The third-order valence-electron chi connectivity index (χ3n) is 3.18. The number of Topliss-reactive ketones (excluding diaryl/α,β-unsaturated/α-hetero) is 1. The van der Waals surface area contributed by atoms with E-state index in [2.05, 4.69) is 19.2 Å². The first kappa shape index (κ1) is 13.5. The Morgan fingerprint density at radius 2 is 1.68 bits per heavy atom. The smallest absolute Gasteiger partial charge is 0.209 e. The Balaban J connectivity index is 2.21. The zero-order valence-corrected chi connectivity index (χ0v) is 11.6. The Morgan fingerprint density at radius 3 is 2.32 bits per heavy atom. The molecule has 3 heteroatoms. The lowest BCUT2D eigenvalue weighted by Crippen LogP contribution is -2.33. The number of carbonyl (C=O) groups excluding carboxylic acids is 2. The van der Waals surface area contributed by atoms with Crippen LogP contribution < -0.4 is 5.32 Å². The van der Waals surface area contributed by atoms with Crippen LogP contribution in [0, 0.1) is 5.92 Å². The molecule has 0 heterocycles. The van der Waals surface area contributed by atoms with Gasteiger partial charge in [0, 0.05) is 23.2 Å². The summed E-state index contributed by atoms with van der Waals surface area (Å²) in [6.07, 6.45) is 2.38. The molecule has 19 heavy (non-hydrogen) atoms. The topological polar surface area (TPSA) is 46.2 Å². The number of nitrogens with one attached hydrogen (secondary N) is 1. The van der Waals surface area contributed by atoms with Gasteiger partial charge < -0.3 is 5.32 Å². The van der Waals surface area contributed by atoms with Gasteiger partial charge >= 0.3 is 0 Å². The number of rotatable bonds is 4. The van der Waals surface area contributed by atoms with Gasteiger partial charge in [0.15, 0.2) is 5.78 Å². The van der Waals surface area contributed by atoms with Crippen molar-refractivity contribution in [1.29, 1.82) is 0 Å². The molecule has 1 aliphatic rings. The van der Waals surface area contributed by atoms with Crippen LogP contribution in [0.4, 0.5) is 0 Å². The van der Waals surface area contributed by atoms with E-state index in [4.69, 9.17) is 0 Å². The SMILES string of the molecule is CC(C)CC(C)NC1=CC(=O)c2ccccc2C1=O. The van der Waals surface area contributed by atoms with Crippen LogP contribution in [0.15, 0.2) is 36.0 Å². The maximum atomic E-state index is 12.3. The molecule has 1 unspecified atom stereocenters. The lowest BCUT2D eigenvalue weighted by Gasteiger charge is -2.21. The van der Waals surface area contributed by atoms with Gasteiger partial charge in [-0.05, 0) is 19.3 Å². The van der Waals surface area contributed by atoms with Gasteiger partial charge in [0.05, 0.1) is 5.70 Å². The Bertz CT molecular complexity index is 543. The molecule has 2 rings (SSSR count). The van der Waals surface area contributed by atoms with Crippen LogP contribution in [0.3, 0.4) is 0 Å². The summed E-state index contributed by atoms with van der Waals surface area (Å²) < 4.78 is 0. The molecule has 0 bridgehead atoms. The average molecular weight is 257 g/mol. The van der Waals surface area contributed by atoms with Crippen molar-refractivity contribution in [3.8, 4) is 0 Å². The summed E-state index contributed by atoms with van der Waals surface area (Å²) >= 11 is 0. The van der Waals surface area contributed by atoms with E-state index in [1.54, 1.807) is 24.3 Å². The normalized spacial score (nSPS) is 16.1. The van der Waals surface area contributed by atoms with E-state index >= 15 is 0 Å². The fraction of sp³-hybridized carbons (Fsp3) is 0.375. The van der Waals surface area contributed by atoms with Crippen molar-refractivity contribution in [3.05, 3.63) is 47.2 Å². The Hall–Kier alpha value is -1.90. The summed E-state index contributed by atoms with van der Waals surface area (Å²) in [5.41, 5.74) is 1.40. The highest BCUT2D eigenvalue weighted by Crippen LogP contribution is 2.20. The molecule has 3 nitrogen and oxygen atoms in total. The van der Waals surface area contributed by atoms with E-state index in [0.29, 0.717) is 22.7 Å². The van der Waals surface area contributed by atoms with Crippen LogP contribution in [0.5, 0.6) is 0 Å². The van der Waals surface area contributed by atoms with Crippen LogP contribution in [0.1, 0.15) is 47.9 Å². The van der Waals surface area contributed by atoms with Crippen molar-refractivity contribution >= 4 is 11.6 Å². The first-order valence-corrected chi connectivity index (χ1v) is 6.65. The van der Waals surface area contributed by atoms with Gasteiger partial charge in [0.25, 0.3) is 0 Å². The number of fused-ring (bicyclic) bond motifs is 1. The number of benzene rings is 1. The van der Waals surface area contributed by atoms with E-state index < -0.39 is 0 Å². The molecule has 1 aromatic carbocycles. The van der Waals surface area contributed by atoms with E-state index in [1.165, 1.54) is 6.08 Å². The van der Waals surface area contributed by atoms with Crippen molar-refractivity contribution in [2.24, 2.45) is 5.92 Å². The third-order valence-corrected chi connectivity index (χ3v) is 3.18. The van der Waals surface area contributed by atoms with Crippen molar-refractivity contribution in [2.45, 2.75) is 33.2 Å². The molecule has 1 aliphatic carbocycles. The van der Waals surface area contributed by atoms with Crippen LogP contribution >= 0.6 is 0 Å². The molecule has 0 fully saturated rings. The summed E-state index contributed by atoms with van der Waals surface area (Å²) in [6.45, 7) is 6.30. The lowest BCUT2D eigenvalue weighted by atomic mass is 9.92. The fourth-order valence-corrected chi connectivity index (χ4v) is 2.45. The minimum atomic E-state index is -0.102. The van der Waals surface area contributed by atoms with Gasteiger partial charge in [-0.3, -0.25) is 9.59 Å². The lowest BCUT2D eigenvalue weighted by molar-refractivity contribution is 0.0976. The zero-order chi connectivity index (χ0) is 14.0. The molecule has 0 spiro atoms. The first-order chi connectivity index (χ1) is 8.99. The largest absolute Gasteiger partial charge is 0.379 e. The Labute approximate surface area is 113 Å². The molecule has 1 aromatic rings. The number of carbonyl (C=O) groups is 2. The van der Waals surface area contributed by atoms with Crippen LogP contribution in [-0.2, 0) is 0 Å². The monoisotopic (exact) mass is 257 g/mol. The van der Waals surface area contributed by atoms with Crippen molar-refractivity contribution in [1.82, 2.24) is 5.32 Å². The van der Waals surface area contributed by atoms with E-state index in [-0.39, 0.29) is 17.6 Å². The molecular weight excluding hydrogens is 238 g/mol. The summed E-state index contributed by atoms with van der Waals surface area (Å²) in [5, 5.41) is 3.16. The maximum Gasteiger partial charge on any atom is 0.209 e. The maximum absolute atomic E-state index is 12.3. The Morgan fingerprint density at radius 1 is 1.05 bits per heavy atom. The summed E-state index contributed by atoms with van der Waals surface area (Å²) in [6, 6.07) is 7.13. The molecule has 0 radical (unpaired) electrons. The second-order valence-electron chi connectivity index (χ2n) is 5.47. The molecule has 0 amide bonds. The number of hydrogen-bond donors (Lipinski definition) is 1. The summed E-state index contributed by atoms with van der Waals surface area (Å²) in [4.78, 5) is 24.3. The second-order valence-corrected chi connectivity index (χ2v) is 5.47. The van der Waals surface area contributed by atoms with Crippen molar-refractivity contribution in [3.63, 3.8) is 0 Å². The standard InChI is InChI=1S/C16H19NO2/c1-10(2)8-11(3)17-14-9-15(18)12-6-4-5-7-13(12)16(14)19/h4-7,9-11,17H,8H2,1-3H3. The minimum absolute atomic E-state index is 0.0918. The summed E-state index contributed by atoms with van der Waals surface area (Å²) in [5.74, 6) is 0.352. The summed E-state index contributed by atoms with van der Waals surface area (Å²) in [7, 11) is 0. The molecular formula is C16H19NO2. The predicted octanol–water partition coefficient (Wildman–Crippen LogP) is 2.97. The number of ketones is 2. The van der Waals surface area contributed by atoms with Crippen LogP contribution in [0.2, 0.25) is 0 Å². The molecule has 0 aliphatic heterocycles. The highest BCUT2D eigenvalue weighted by molar-refractivity contribution is 6.24. The molecule has 0 saturated carbocycles. The highest BCUT2D eigenvalue weighted by Gasteiger charge is 2.25. The van der Waals surface area contributed by atoms with Gasteiger partial charge in [-0.1, -0.05) is 38.1 Å². The van der Waals surface area contributed by atoms with Gasteiger partial charge in [-0.2, -0.15) is 0 Å². The predicted molar refractivity (Wildman–Crippen MR) is 75.2 cm³/mol. The van der Waals surface area contributed by atoms with E-state index in [1.807, 2.05) is 6.92 Å². The third kappa shape index (κ3) is 2.92. The first-order valence-electron chi connectivity index (χ1n) is 6.65. The second kappa shape index (κ2) is 5.39. The van der Waals surface area contributed by atoms with E-state index in [0.717, 1.165) is 6.42 Å². The average Bonchev–Trinajstić information content (AvgIpc) is 2.34. The zero-order valence-electron chi connectivity index (χ0n) is 11.6. The van der Waals surface area contributed by atoms with Crippen molar-refractivity contribution in [2.75, 3.05) is 0 Å². The molecule has 1 N–H and O–H groups in total.